The molecule has 1 aromatic rings. The number of rotatable bonds is 4. The van der Waals surface area contributed by atoms with E-state index in [0.29, 0.717) is 0 Å². The number of carboxylic acids is 1. The van der Waals surface area contributed by atoms with Gasteiger partial charge in [-0.2, -0.15) is 0 Å². The van der Waals surface area contributed by atoms with Crippen molar-refractivity contribution >= 4 is 23.8 Å². The molecule has 0 atom stereocenters. The first-order chi connectivity index (χ1) is 6.29. The summed E-state index contributed by atoms with van der Waals surface area (Å²) in [4.78, 5) is 10.2. The van der Waals surface area contributed by atoms with Crippen molar-refractivity contribution in [3.63, 3.8) is 0 Å². The van der Waals surface area contributed by atoms with Crippen LogP contribution in [-0.4, -0.2) is 16.8 Å². The third-order valence-electron chi connectivity index (χ3n) is 1.36. The first-order valence-electron chi connectivity index (χ1n) is 3.84. The summed E-state index contributed by atoms with van der Waals surface area (Å²) in [7, 11) is 0. The van der Waals surface area contributed by atoms with Crippen LogP contribution < -0.4 is 0 Å². The standard InChI is InChI=1S/C10H10O2S/c11-10(12)8-13-7-6-9-4-2-1-3-5-9/h1-7H,8H2,(H,11,12)/b7-6-. The van der Waals surface area contributed by atoms with Gasteiger partial charge in [-0.05, 0) is 17.0 Å². The van der Waals surface area contributed by atoms with Gasteiger partial charge in [-0.1, -0.05) is 30.3 Å². The number of benzene rings is 1. The summed E-state index contributed by atoms with van der Waals surface area (Å²) in [5.41, 5.74) is 1.08. The van der Waals surface area contributed by atoms with Gasteiger partial charge in [0.05, 0.1) is 5.75 Å². The van der Waals surface area contributed by atoms with E-state index >= 15 is 0 Å². The molecule has 0 amide bonds. The van der Waals surface area contributed by atoms with Crippen LogP contribution in [0.4, 0.5) is 0 Å². The van der Waals surface area contributed by atoms with Crippen molar-refractivity contribution in [2.75, 3.05) is 5.75 Å². The van der Waals surface area contributed by atoms with E-state index in [2.05, 4.69) is 0 Å². The van der Waals surface area contributed by atoms with Crippen molar-refractivity contribution < 1.29 is 9.90 Å². The zero-order valence-corrected chi connectivity index (χ0v) is 7.83. The number of hydrogen-bond acceptors (Lipinski definition) is 2. The van der Waals surface area contributed by atoms with E-state index in [1.54, 1.807) is 5.41 Å². The van der Waals surface area contributed by atoms with Crippen molar-refractivity contribution in [1.29, 1.82) is 0 Å². The molecule has 0 aliphatic carbocycles. The highest BCUT2D eigenvalue weighted by molar-refractivity contribution is 8.02. The molecule has 0 spiro atoms. The Balaban J connectivity index is 2.37. The molecule has 1 rings (SSSR count). The van der Waals surface area contributed by atoms with Gasteiger partial charge in [0, 0.05) is 0 Å². The summed E-state index contributed by atoms with van der Waals surface area (Å²) in [5, 5.41) is 10.2. The summed E-state index contributed by atoms with van der Waals surface area (Å²) in [5.74, 6) is -0.675. The molecular formula is C10H10O2S. The molecule has 0 aliphatic rings. The lowest BCUT2D eigenvalue weighted by Gasteiger charge is -1.90. The lowest BCUT2D eigenvalue weighted by atomic mass is 10.2. The quantitative estimate of drug-likeness (QED) is 0.800. The Labute approximate surface area is 81.3 Å². The Bertz CT molecular complexity index is 293. The molecule has 0 saturated carbocycles. The lowest BCUT2D eigenvalue weighted by molar-refractivity contribution is -0.133. The van der Waals surface area contributed by atoms with E-state index < -0.39 is 5.97 Å². The van der Waals surface area contributed by atoms with Crippen LogP contribution in [0.3, 0.4) is 0 Å². The summed E-state index contributed by atoms with van der Waals surface area (Å²) in [6.45, 7) is 0. The third-order valence-corrected chi connectivity index (χ3v) is 2.11. The van der Waals surface area contributed by atoms with Crippen LogP contribution in [0.1, 0.15) is 5.56 Å². The lowest BCUT2D eigenvalue weighted by Crippen LogP contribution is -1.95. The van der Waals surface area contributed by atoms with Gasteiger partial charge in [0.25, 0.3) is 0 Å². The van der Waals surface area contributed by atoms with Crippen LogP contribution in [0, 0.1) is 0 Å². The summed E-state index contributed by atoms with van der Waals surface area (Å²) < 4.78 is 0. The van der Waals surface area contributed by atoms with Gasteiger partial charge in [0.1, 0.15) is 0 Å². The summed E-state index contributed by atoms with van der Waals surface area (Å²) in [6.07, 6.45) is 1.90. The van der Waals surface area contributed by atoms with Crippen LogP contribution in [0.25, 0.3) is 6.08 Å². The molecule has 0 aliphatic heterocycles. The Kier molecular flexibility index (Phi) is 4.12. The number of hydrogen-bond donors (Lipinski definition) is 1. The first-order valence-corrected chi connectivity index (χ1v) is 4.89. The zero-order valence-electron chi connectivity index (χ0n) is 7.01. The maximum Gasteiger partial charge on any atom is 0.313 e. The molecule has 0 radical (unpaired) electrons. The van der Waals surface area contributed by atoms with E-state index in [1.165, 1.54) is 11.8 Å². The summed E-state index contributed by atoms with van der Waals surface area (Å²) >= 11 is 1.28. The highest BCUT2D eigenvalue weighted by Gasteiger charge is 1.91. The first kappa shape index (κ1) is 9.86. The molecule has 13 heavy (non-hydrogen) atoms. The van der Waals surface area contributed by atoms with Gasteiger partial charge in [0.15, 0.2) is 0 Å². The summed E-state index contributed by atoms with van der Waals surface area (Å²) in [6, 6.07) is 9.78. The van der Waals surface area contributed by atoms with Gasteiger partial charge < -0.3 is 5.11 Å². The second-order valence-electron chi connectivity index (χ2n) is 2.42. The predicted octanol–water partition coefficient (Wildman–Crippen LogP) is 2.48. The van der Waals surface area contributed by atoms with Crippen LogP contribution in [0.15, 0.2) is 35.7 Å². The van der Waals surface area contributed by atoms with Gasteiger partial charge in [0.2, 0.25) is 0 Å². The number of aliphatic carboxylic acids is 1. The predicted molar refractivity (Wildman–Crippen MR) is 55.6 cm³/mol. The van der Waals surface area contributed by atoms with Crippen LogP contribution in [0.2, 0.25) is 0 Å². The Morgan fingerprint density at radius 3 is 2.69 bits per heavy atom. The Hall–Kier alpha value is -1.22. The Morgan fingerprint density at radius 2 is 2.08 bits per heavy atom. The van der Waals surface area contributed by atoms with Crippen LogP contribution in [0.5, 0.6) is 0 Å². The number of thioether (sulfide) groups is 1. The average Bonchev–Trinajstić information content (AvgIpc) is 2.14. The highest BCUT2D eigenvalue weighted by Crippen LogP contribution is 2.07. The smallest absolute Gasteiger partial charge is 0.313 e. The fourth-order valence-electron chi connectivity index (χ4n) is 0.810. The minimum atomic E-state index is -0.789. The van der Waals surface area contributed by atoms with Crippen molar-refractivity contribution in [3.05, 3.63) is 41.3 Å². The number of carboxylic acid groups (broad SMARTS) is 1. The minimum Gasteiger partial charge on any atom is -0.481 e. The molecule has 1 aromatic carbocycles. The van der Waals surface area contributed by atoms with Crippen molar-refractivity contribution in [1.82, 2.24) is 0 Å². The van der Waals surface area contributed by atoms with E-state index in [9.17, 15) is 4.79 Å². The monoisotopic (exact) mass is 194 g/mol. The van der Waals surface area contributed by atoms with Gasteiger partial charge in [-0.25, -0.2) is 0 Å². The maximum absolute atomic E-state index is 10.2. The zero-order chi connectivity index (χ0) is 9.52. The van der Waals surface area contributed by atoms with E-state index in [1.807, 2.05) is 36.4 Å². The second kappa shape index (κ2) is 5.43. The maximum atomic E-state index is 10.2. The molecule has 0 saturated heterocycles. The third kappa shape index (κ3) is 4.38. The fourth-order valence-corrected chi connectivity index (χ4v) is 1.30. The van der Waals surface area contributed by atoms with E-state index in [0.717, 1.165) is 5.56 Å². The molecular weight excluding hydrogens is 184 g/mol. The average molecular weight is 194 g/mol. The van der Waals surface area contributed by atoms with Crippen molar-refractivity contribution in [2.45, 2.75) is 0 Å². The Morgan fingerprint density at radius 1 is 1.38 bits per heavy atom. The molecule has 0 unspecified atom stereocenters. The molecule has 3 heteroatoms. The molecule has 1 N–H and O–H groups in total. The molecule has 0 fully saturated rings. The molecule has 2 nitrogen and oxygen atoms in total. The molecule has 68 valence electrons. The molecule has 0 aromatic heterocycles. The second-order valence-corrected chi connectivity index (χ2v) is 3.31. The van der Waals surface area contributed by atoms with Gasteiger partial charge >= 0.3 is 5.97 Å². The molecule has 0 heterocycles. The topological polar surface area (TPSA) is 37.3 Å². The largest absolute Gasteiger partial charge is 0.481 e. The SMILES string of the molecule is O=C(O)CS/C=C\c1ccccc1. The van der Waals surface area contributed by atoms with E-state index in [4.69, 9.17) is 5.11 Å². The van der Waals surface area contributed by atoms with Crippen LogP contribution in [-0.2, 0) is 4.79 Å². The van der Waals surface area contributed by atoms with Gasteiger partial charge in [-0.3, -0.25) is 4.79 Å². The van der Waals surface area contributed by atoms with Crippen molar-refractivity contribution in [3.8, 4) is 0 Å². The fraction of sp³-hybridized carbons (Fsp3) is 0.100. The van der Waals surface area contributed by atoms with Crippen molar-refractivity contribution in [2.24, 2.45) is 0 Å². The highest BCUT2D eigenvalue weighted by atomic mass is 32.2. The number of carbonyl (C=O) groups is 1. The minimum absolute atomic E-state index is 0.114. The molecule has 0 bridgehead atoms. The normalized spacial score (nSPS) is 10.5. The van der Waals surface area contributed by atoms with Gasteiger partial charge in [-0.15, -0.1) is 11.8 Å². The van der Waals surface area contributed by atoms with E-state index in [-0.39, 0.29) is 5.75 Å². The van der Waals surface area contributed by atoms with Crippen LogP contribution >= 0.6 is 11.8 Å².